The van der Waals surface area contributed by atoms with Crippen molar-refractivity contribution in [2.75, 3.05) is 0 Å². The van der Waals surface area contributed by atoms with E-state index in [0.717, 1.165) is 4.47 Å². The quantitative estimate of drug-likeness (QED) is 0.634. The highest BCUT2D eigenvalue weighted by Crippen LogP contribution is 2.28. The van der Waals surface area contributed by atoms with Crippen LogP contribution in [0, 0.1) is 13.8 Å². The van der Waals surface area contributed by atoms with Crippen molar-refractivity contribution in [2.45, 2.75) is 13.8 Å². The zero-order valence-corrected chi connectivity index (χ0v) is 12.0. The maximum absolute atomic E-state index is 3.51. The summed E-state index contributed by atoms with van der Waals surface area (Å²) in [7, 11) is 0. The van der Waals surface area contributed by atoms with Crippen LogP contribution in [0.3, 0.4) is 0 Å². The standard InChI is InChI=1S/C16H14BrN/c1-10-3-5-14(11(2)7-10)16-9-12-8-13(17)4-6-15(12)18-16/h3-9,18H,1-2H3. The second-order valence-corrected chi connectivity index (χ2v) is 5.65. The second kappa shape index (κ2) is 4.29. The van der Waals surface area contributed by atoms with Crippen molar-refractivity contribution in [3.63, 3.8) is 0 Å². The zero-order chi connectivity index (χ0) is 12.7. The first-order valence-corrected chi connectivity index (χ1v) is 6.79. The topological polar surface area (TPSA) is 15.8 Å². The molecule has 0 fully saturated rings. The predicted octanol–water partition coefficient (Wildman–Crippen LogP) is 5.21. The van der Waals surface area contributed by atoms with Crippen molar-refractivity contribution >= 4 is 26.8 Å². The molecular formula is C16H14BrN. The second-order valence-electron chi connectivity index (χ2n) is 4.73. The lowest BCUT2D eigenvalue weighted by molar-refractivity contribution is 1.35. The number of aromatic nitrogens is 1. The van der Waals surface area contributed by atoms with Crippen molar-refractivity contribution < 1.29 is 0 Å². The normalized spacial score (nSPS) is 11.1. The number of aromatic amines is 1. The van der Waals surface area contributed by atoms with Crippen LogP contribution in [0.4, 0.5) is 0 Å². The Labute approximate surface area is 115 Å². The number of fused-ring (bicyclic) bond motifs is 1. The fourth-order valence-corrected chi connectivity index (χ4v) is 2.74. The van der Waals surface area contributed by atoms with Crippen LogP contribution < -0.4 is 0 Å². The van der Waals surface area contributed by atoms with Gasteiger partial charge in [-0.15, -0.1) is 0 Å². The van der Waals surface area contributed by atoms with Gasteiger partial charge in [-0.2, -0.15) is 0 Å². The molecule has 0 aliphatic heterocycles. The van der Waals surface area contributed by atoms with Crippen LogP contribution in [0.2, 0.25) is 0 Å². The molecule has 0 radical (unpaired) electrons. The lowest BCUT2D eigenvalue weighted by Gasteiger charge is -2.04. The summed E-state index contributed by atoms with van der Waals surface area (Å²) in [5, 5.41) is 1.24. The van der Waals surface area contributed by atoms with E-state index in [9.17, 15) is 0 Å². The van der Waals surface area contributed by atoms with Crippen LogP contribution in [-0.4, -0.2) is 4.98 Å². The molecule has 0 aliphatic rings. The molecule has 0 amide bonds. The maximum atomic E-state index is 3.51. The van der Waals surface area contributed by atoms with Gasteiger partial charge in [0, 0.05) is 26.6 Å². The average Bonchev–Trinajstić information content (AvgIpc) is 2.71. The fraction of sp³-hybridized carbons (Fsp3) is 0.125. The van der Waals surface area contributed by atoms with Gasteiger partial charge >= 0.3 is 0 Å². The molecule has 90 valence electrons. The first-order valence-electron chi connectivity index (χ1n) is 5.99. The molecule has 0 saturated carbocycles. The number of hydrogen-bond acceptors (Lipinski definition) is 0. The first-order chi connectivity index (χ1) is 8.63. The van der Waals surface area contributed by atoms with E-state index in [-0.39, 0.29) is 0 Å². The highest BCUT2D eigenvalue weighted by atomic mass is 79.9. The lowest BCUT2D eigenvalue weighted by atomic mass is 10.0. The smallest absolute Gasteiger partial charge is 0.0467 e. The van der Waals surface area contributed by atoms with Gasteiger partial charge in [0.25, 0.3) is 0 Å². The zero-order valence-electron chi connectivity index (χ0n) is 10.4. The summed E-state index contributed by atoms with van der Waals surface area (Å²) in [4.78, 5) is 3.48. The van der Waals surface area contributed by atoms with Crippen molar-refractivity contribution in [3.8, 4) is 11.3 Å². The summed E-state index contributed by atoms with van der Waals surface area (Å²) in [6, 6.07) is 15.1. The Bertz CT molecular complexity index is 725. The van der Waals surface area contributed by atoms with Gasteiger partial charge in [-0.25, -0.2) is 0 Å². The number of nitrogens with one attached hydrogen (secondary N) is 1. The van der Waals surface area contributed by atoms with Gasteiger partial charge in [-0.1, -0.05) is 39.7 Å². The van der Waals surface area contributed by atoms with E-state index in [4.69, 9.17) is 0 Å². The molecule has 0 spiro atoms. The predicted molar refractivity (Wildman–Crippen MR) is 80.9 cm³/mol. The summed E-state index contributed by atoms with van der Waals surface area (Å²) >= 11 is 3.51. The molecule has 0 saturated heterocycles. The molecule has 1 heterocycles. The first kappa shape index (κ1) is 11.5. The van der Waals surface area contributed by atoms with Crippen molar-refractivity contribution in [2.24, 2.45) is 0 Å². The Balaban J connectivity index is 2.19. The lowest BCUT2D eigenvalue weighted by Crippen LogP contribution is -1.84. The Morgan fingerprint density at radius 3 is 2.56 bits per heavy atom. The molecule has 2 heteroatoms. The monoisotopic (exact) mass is 299 g/mol. The van der Waals surface area contributed by atoms with E-state index in [1.54, 1.807) is 0 Å². The molecule has 0 unspecified atom stereocenters. The third-order valence-electron chi connectivity index (χ3n) is 3.25. The molecule has 0 bridgehead atoms. The average molecular weight is 300 g/mol. The van der Waals surface area contributed by atoms with Crippen LogP contribution in [0.15, 0.2) is 46.9 Å². The van der Waals surface area contributed by atoms with E-state index in [1.807, 2.05) is 0 Å². The summed E-state index contributed by atoms with van der Waals surface area (Å²) in [5.74, 6) is 0. The van der Waals surface area contributed by atoms with Gasteiger partial charge in [-0.3, -0.25) is 0 Å². The number of hydrogen-bond donors (Lipinski definition) is 1. The molecule has 0 atom stereocenters. The number of H-pyrrole nitrogens is 1. The van der Waals surface area contributed by atoms with Gasteiger partial charge in [0.05, 0.1) is 0 Å². The maximum Gasteiger partial charge on any atom is 0.0467 e. The minimum atomic E-state index is 1.11. The fourth-order valence-electron chi connectivity index (χ4n) is 2.36. The molecule has 2 aromatic carbocycles. The van der Waals surface area contributed by atoms with E-state index in [2.05, 4.69) is 77.2 Å². The number of aryl methyl sites for hydroxylation is 2. The van der Waals surface area contributed by atoms with Gasteiger partial charge < -0.3 is 4.98 Å². The molecule has 3 aromatic rings. The highest BCUT2D eigenvalue weighted by molar-refractivity contribution is 9.10. The highest BCUT2D eigenvalue weighted by Gasteiger charge is 2.06. The minimum Gasteiger partial charge on any atom is -0.355 e. The molecule has 1 N–H and O–H groups in total. The van der Waals surface area contributed by atoms with Crippen LogP contribution in [0.5, 0.6) is 0 Å². The molecule has 18 heavy (non-hydrogen) atoms. The van der Waals surface area contributed by atoms with E-state index in [0.29, 0.717) is 0 Å². The number of halogens is 1. The number of benzene rings is 2. The van der Waals surface area contributed by atoms with Crippen LogP contribution >= 0.6 is 15.9 Å². The van der Waals surface area contributed by atoms with Gasteiger partial charge in [0.15, 0.2) is 0 Å². The molecule has 3 rings (SSSR count). The van der Waals surface area contributed by atoms with Gasteiger partial charge in [-0.05, 0) is 43.7 Å². The molecular weight excluding hydrogens is 286 g/mol. The van der Waals surface area contributed by atoms with Crippen molar-refractivity contribution in [3.05, 3.63) is 58.1 Å². The van der Waals surface area contributed by atoms with E-state index in [1.165, 1.54) is 33.3 Å². The van der Waals surface area contributed by atoms with Gasteiger partial charge in [0.2, 0.25) is 0 Å². The summed E-state index contributed by atoms with van der Waals surface area (Å²) in [5.41, 5.74) is 6.23. The van der Waals surface area contributed by atoms with Crippen molar-refractivity contribution in [1.29, 1.82) is 0 Å². The third kappa shape index (κ3) is 1.97. The SMILES string of the molecule is Cc1ccc(-c2cc3cc(Br)ccc3[nH]2)c(C)c1. The van der Waals surface area contributed by atoms with E-state index < -0.39 is 0 Å². The third-order valence-corrected chi connectivity index (χ3v) is 3.75. The summed E-state index contributed by atoms with van der Waals surface area (Å²) < 4.78 is 1.11. The Morgan fingerprint density at radius 2 is 1.78 bits per heavy atom. The Kier molecular flexibility index (Phi) is 2.75. The largest absolute Gasteiger partial charge is 0.355 e. The molecule has 1 nitrogen and oxygen atoms in total. The van der Waals surface area contributed by atoms with Crippen LogP contribution in [0.25, 0.3) is 22.2 Å². The Hall–Kier alpha value is -1.54. The van der Waals surface area contributed by atoms with Crippen LogP contribution in [-0.2, 0) is 0 Å². The Morgan fingerprint density at radius 1 is 0.944 bits per heavy atom. The van der Waals surface area contributed by atoms with Gasteiger partial charge in [0.1, 0.15) is 0 Å². The summed E-state index contributed by atoms with van der Waals surface area (Å²) in [6.07, 6.45) is 0. The molecule has 1 aromatic heterocycles. The van der Waals surface area contributed by atoms with Crippen LogP contribution in [0.1, 0.15) is 11.1 Å². The molecule has 0 aliphatic carbocycles. The summed E-state index contributed by atoms with van der Waals surface area (Å²) in [6.45, 7) is 4.28. The number of rotatable bonds is 1. The van der Waals surface area contributed by atoms with E-state index >= 15 is 0 Å². The minimum absolute atomic E-state index is 1.11. The van der Waals surface area contributed by atoms with Crippen molar-refractivity contribution in [1.82, 2.24) is 4.98 Å².